The number of anilines is 1. The molecular formula is C20H16N2O4S. The summed E-state index contributed by atoms with van der Waals surface area (Å²) in [6, 6.07) is 15.4. The summed E-state index contributed by atoms with van der Waals surface area (Å²) < 4.78 is 5.48. The van der Waals surface area contributed by atoms with Gasteiger partial charge < -0.3 is 14.7 Å². The minimum Gasteiger partial charge on any atom is -0.482 e. The first kappa shape index (κ1) is 17.2. The smallest absolute Gasteiger partial charge is 0.305 e. The van der Waals surface area contributed by atoms with Crippen molar-refractivity contribution in [3.8, 4) is 27.6 Å². The Morgan fingerprint density at radius 3 is 2.78 bits per heavy atom. The Hall–Kier alpha value is -3.19. The summed E-state index contributed by atoms with van der Waals surface area (Å²) in [4.78, 5) is 29.3. The van der Waals surface area contributed by atoms with Crippen molar-refractivity contribution < 1.29 is 19.4 Å². The number of amides is 1. The normalized spacial score (nSPS) is 13.2. The maximum absolute atomic E-state index is 12.2. The molecule has 3 aromatic rings. The molecule has 0 fully saturated rings. The first-order valence-electron chi connectivity index (χ1n) is 8.42. The van der Waals surface area contributed by atoms with Crippen LogP contribution >= 0.6 is 11.3 Å². The van der Waals surface area contributed by atoms with E-state index in [0.717, 1.165) is 21.8 Å². The molecule has 1 aliphatic heterocycles. The quantitative estimate of drug-likeness (QED) is 0.730. The van der Waals surface area contributed by atoms with Gasteiger partial charge in [-0.25, -0.2) is 4.98 Å². The van der Waals surface area contributed by atoms with E-state index in [-0.39, 0.29) is 25.5 Å². The summed E-state index contributed by atoms with van der Waals surface area (Å²) >= 11 is 1.55. The van der Waals surface area contributed by atoms with Gasteiger partial charge in [-0.3, -0.25) is 9.59 Å². The highest BCUT2D eigenvalue weighted by Crippen LogP contribution is 2.37. The van der Waals surface area contributed by atoms with Crippen LogP contribution in [-0.4, -0.2) is 35.1 Å². The van der Waals surface area contributed by atoms with Gasteiger partial charge in [-0.1, -0.05) is 30.3 Å². The molecule has 0 radical (unpaired) electrons. The minimum absolute atomic E-state index is 0.0825. The number of hydrogen-bond donors (Lipinski definition) is 1. The topological polar surface area (TPSA) is 79.7 Å². The predicted octanol–water partition coefficient (Wildman–Crippen LogP) is 3.68. The zero-order valence-corrected chi connectivity index (χ0v) is 15.1. The first-order valence-corrected chi connectivity index (χ1v) is 9.30. The second-order valence-corrected chi connectivity index (χ2v) is 6.92. The molecule has 1 N–H and O–H groups in total. The SMILES string of the molecule is O=C(O)CCN1C(=O)COc2ccc(-c3csc(-c4ccccc4)n3)cc21. The third-order valence-corrected chi connectivity index (χ3v) is 5.16. The van der Waals surface area contributed by atoms with E-state index in [1.165, 1.54) is 4.90 Å². The van der Waals surface area contributed by atoms with Crippen LogP contribution in [0.1, 0.15) is 6.42 Å². The Morgan fingerprint density at radius 2 is 2.00 bits per heavy atom. The average Bonchev–Trinajstić information content (AvgIpc) is 3.17. The fourth-order valence-electron chi connectivity index (χ4n) is 2.93. The van der Waals surface area contributed by atoms with Crippen LogP contribution in [0.2, 0.25) is 0 Å². The van der Waals surface area contributed by atoms with E-state index in [1.807, 2.05) is 47.8 Å². The van der Waals surface area contributed by atoms with E-state index in [1.54, 1.807) is 17.4 Å². The van der Waals surface area contributed by atoms with Crippen molar-refractivity contribution >= 4 is 28.9 Å². The van der Waals surface area contributed by atoms with Crippen molar-refractivity contribution in [2.45, 2.75) is 6.42 Å². The van der Waals surface area contributed by atoms with Crippen LogP contribution in [0.5, 0.6) is 5.75 Å². The minimum atomic E-state index is -0.945. The monoisotopic (exact) mass is 380 g/mol. The molecule has 1 aromatic heterocycles. The van der Waals surface area contributed by atoms with E-state index in [0.29, 0.717) is 11.4 Å². The predicted molar refractivity (Wildman–Crippen MR) is 103 cm³/mol. The van der Waals surface area contributed by atoms with E-state index in [9.17, 15) is 9.59 Å². The number of aliphatic carboxylic acids is 1. The molecule has 0 atom stereocenters. The molecule has 0 bridgehead atoms. The van der Waals surface area contributed by atoms with Crippen LogP contribution in [0.25, 0.3) is 21.8 Å². The van der Waals surface area contributed by atoms with Crippen LogP contribution in [0.3, 0.4) is 0 Å². The van der Waals surface area contributed by atoms with Crippen LogP contribution in [0, 0.1) is 0 Å². The number of carbonyl (C=O) groups is 2. The maximum Gasteiger partial charge on any atom is 0.305 e. The Balaban J connectivity index is 1.67. The lowest BCUT2D eigenvalue weighted by atomic mass is 10.1. The number of rotatable bonds is 5. The van der Waals surface area contributed by atoms with Gasteiger partial charge in [0.25, 0.3) is 5.91 Å². The molecule has 0 saturated heterocycles. The van der Waals surface area contributed by atoms with Gasteiger partial charge in [0.05, 0.1) is 17.8 Å². The van der Waals surface area contributed by atoms with Crippen molar-refractivity contribution in [3.05, 3.63) is 53.9 Å². The van der Waals surface area contributed by atoms with Crippen LogP contribution in [-0.2, 0) is 9.59 Å². The highest BCUT2D eigenvalue weighted by Gasteiger charge is 2.26. The van der Waals surface area contributed by atoms with Crippen LogP contribution in [0.4, 0.5) is 5.69 Å². The molecule has 0 aliphatic carbocycles. The fraction of sp³-hybridized carbons (Fsp3) is 0.150. The number of ether oxygens (including phenoxy) is 1. The summed E-state index contributed by atoms with van der Waals surface area (Å²) in [5.41, 5.74) is 3.29. The fourth-order valence-corrected chi connectivity index (χ4v) is 3.77. The number of fused-ring (bicyclic) bond motifs is 1. The summed E-state index contributed by atoms with van der Waals surface area (Å²) in [5.74, 6) is -0.620. The zero-order valence-electron chi connectivity index (χ0n) is 14.3. The number of aromatic nitrogens is 1. The number of carboxylic acid groups (broad SMARTS) is 1. The summed E-state index contributed by atoms with van der Waals surface area (Å²) in [5, 5.41) is 11.8. The molecule has 2 heterocycles. The maximum atomic E-state index is 12.2. The summed E-state index contributed by atoms with van der Waals surface area (Å²) in [7, 11) is 0. The third kappa shape index (κ3) is 3.54. The van der Waals surface area contributed by atoms with Crippen molar-refractivity contribution in [1.29, 1.82) is 0 Å². The van der Waals surface area contributed by atoms with Crippen molar-refractivity contribution in [2.24, 2.45) is 0 Å². The second-order valence-electron chi connectivity index (χ2n) is 6.06. The lowest BCUT2D eigenvalue weighted by molar-refractivity contribution is -0.136. The molecule has 0 spiro atoms. The Kier molecular flexibility index (Phi) is 4.60. The Morgan fingerprint density at radius 1 is 1.19 bits per heavy atom. The number of carboxylic acids is 1. The van der Waals surface area contributed by atoms with Crippen LogP contribution in [0.15, 0.2) is 53.9 Å². The second kappa shape index (κ2) is 7.20. The number of benzene rings is 2. The van der Waals surface area contributed by atoms with Gasteiger partial charge in [0.15, 0.2) is 6.61 Å². The van der Waals surface area contributed by atoms with Crippen molar-refractivity contribution in [3.63, 3.8) is 0 Å². The summed E-state index contributed by atoms with van der Waals surface area (Å²) in [6.07, 6.45) is -0.121. The van der Waals surface area contributed by atoms with Gasteiger partial charge >= 0.3 is 5.97 Å². The highest BCUT2D eigenvalue weighted by molar-refractivity contribution is 7.13. The van der Waals surface area contributed by atoms with Crippen LogP contribution < -0.4 is 9.64 Å². The van der Waals surface area contributed by atoms with E-state index in [4.69, 9.17) is 14.8 Å². The molecule has 136 valence electrons. The van der Waals surface area contributed by atoms with Gasteiger partial charge in [-0.05, 0) is 18.2 Å². The average molecular weight is 380 g/mol. The number of hydrogen-bond acceptors (Lipinski definition) is 5. The molecule has 27 heavy (non-hydrogen) atoms. The summed E-state index contributed by atoms with van der Waals surface area (Å²) in [6.45, 7) is 0.0289. The van der Waals surface area contributed by atoms with Crippen molar-refractivity contribution in [1.82, 2.24) is 4.98 Å². The van der Waals surface area contributed by atoms with Gasteiger partial charge in [-0.15, -0.1) is 11.3 Å². The van der Waals surface area contributed by atoms with Gasteiger partial charge in [0, 0.05) is 23.1 Å². The number of nitrogens with zero attached hydrogens (tertiary/aromatic N) is 2. The standard InChI is InChI=1S/C20H16N2O4S/c23-18-11-26-17-7-6-14(10-16(17)22(18)9-8-19(24)25)15-12-27-20(21-15)13-4-2-1-3-5-13/h1-7,10,12H,8-9,11H2,(H,24,25). The molecule has 0 unspecified atom stereocenters. The van der Waals surface area contributed by atoms with E-state index >= 15 is 0 Å². The molecular weight excluding hydrogens is 364 g/mol. The lowest BCUT2D eigenvalue weighted by Crippen LogP contribution is -2.40. The Labute approximate surface area is 159 Å². The number of thiazole rings is 1. The van der Waals surface area contributed by atoms with Gasteiger partial charge in [-0.2, -0.15) is 0 Å². The Bertz CT molecular complexity index is 1000. The largest absolute Gasteiger partial charge is 0.482 e. The molecule has 6 nitrogen and oxygen atoms in total. The van der Waals surface area contributed by atoms with Gasteiger partial charge in [0.1, 0.15) is 10.8 Å². The lowest BCUT2D eigenvalue weighted by Gasteiger charge is -2.29. The molecule has 7 heteroatoms. The molecule has 0 saturated carbocycles. The van der Waals surface area contributed by atoms with Gasteiger partial charge in [0.2, 0.25) is 0 Å². The number of carbonyl (C=O) groups excluding carboxylic acids is 1. The van der Waals surface area contributed by atoms with E-state index in [2.05, 4.69) is 0 Å². The zero-order chi connectivity index (χ0) is 18.8. The molecule has 1 aliphatic rings. The molecule has 4 rings (SSSR count). The third-order valence-electron chi connectivity index (χ3n) is 4.27. The molecule has 1 amide bonds. The van der Waals surface area contributed by atoms with E-state index < -0.39 is 5.97 Å². The highest BCUT2D eigenvalue weighted by atomic mass is 32.1. The van der Waals surface area contributed by atoms with Crippen molar-refractivity contribution in [2.75, 3.05) is 18.1 Å². The first-order chi connectivity index (χ1) is 13.1. The molecule has 2 aromatic carbocycles.